The number of hydrogen-bond acceptors (Lipinski definition) is 4. The van der Waals surface area contributed by atoms with Crippen molar-refractivity contribution in [1.82, 2.24) is 0 Å². The molecule has 0 atom stereocenters. The summed E-state index contributed by atoms with van der Waals surface area (Å²) in [6.07, 6.45) is 0. The summed E-state index contributed by atoms with van der Waals surface area (Å²) in [7, 11) is 0. The van der Waals surface area contributed by atoms with Gasteiger partial charge < -0.3 is 9.52 Å². The first-order valence-electron chi connectivity index (χ1n) is 3.43. The zero-order valence-electron chi connectivity index (χ0n) is 6.11. The molecule has 2 aromatic rings. The van der Waals surface area contributed by atoms with E-state index in [1.54, 1.807) is 18.2 Å². The second-order valence-corrected chi connectivity index (χ2v) is 3.37. The molecular formula is C8H6O3S. The number of fused-ring (bicyclic) bond motifs is 1. The van der Waals surface area contributed by atoms with Crippen LogP contribution in [-0.2, 0) is 6.61 Å². The average Bonchev–Trinajstić information content (AvgIpc) is 2.43. The molecule has 0 fully saturated rings. The summed E-state index contributed by atoms with van der Waals surface area (Å²) < 4.78 is 5.63. The van der Waals surface area contributed by atoms with Crippen LogP contribution in [-0.4, -0.2) is 5.11 Å². The first-order chi connectivity index (χ1) is 5.79. The van der Waals surface area contributed by atoms with Crippen molar-refractivity contribution in [3.8, 4) is 0 Å². The molecule has 1 N–H and O–H groups in total. The fourth-order valence-electron chi connectivity index (χ4n) is 1.02. The number of rotatable bonds is 1. The zero-order valence-corrected chi connectivity index (χ0v) is 6.93. The molecule has 0 unspecified atom stereocenters. The van der Waals surface area contributed by atoms with Gasteiger partial charge in [-0.3, -0.25) is 0 Å². The summed E-state index contributed by atoms with van der Waals surface area (Å²) in [5.74, 6) is 0. The monoisotopic (exact) mass is 182 g/mol. The van der Waals surface area contributed by atoms with E-state index in [4.69, 9.17) is 9.52 Å². The van der Waals surface area contributed by atoms with Crippen LogP contribution < -0.4 is 4.94 Å². The minimum absolute atomic E-state index is 0.0119. The molecule has 0 saturated heterocycles. The van der Waals surface area contributed by atoms with Crippen LogP contribution in [0.1, 0.15) is 5.56 Å². The van der Waals surface area contributed by atoms with E-state index in [-0.39, 0.29) is 11.5 Å². The highest BCUT2D eigenvalue weighted by atomic mass is 32.1. The third-order valence-corrected chi connectivity index (χ3v) is 2.37. The van der Waals surface area contributed by atoms with Crippen molar-refractivity contribution in [2.75, 3.05) is 0 Å². The molecule has 0 aliphatic heterocycles. The van der Waals surface area contributed by atoms with Gasteiger partial charge >= 0.3 is 4.94 Å². The van der Waals surface area contributed by atoms with Crippen molar-refractivity contribution >= 4 is 21.6 Å². The summed E-state index contributed by atoms with van der Waals surface area (Å²) in [6.45, 7) is -0.0119. The molecule has 0 aliphatic carbocycles. The molecule has 3 nitrogen and oxygen atoms in total. The molecule has 0 amide bonds. The van der Waals surface area contributed by atoms with Crippen LogP contribution in [0.4, 0.5) is 0 Å². The Bertz CT molecular complexity index is 455. The van der Waals surface area contributed by atoms with Crippen LogP contribution in [0, 0.1) is 0 Å². The Morgan fingerprint density at radius 3 is 3.08 bits per heavy atom. The first-order valence-corrected chi connectivity index (χ1v) is 4.24. The predicted octanol–water partition coefficient (Wildman–Crippen LogP) is 1.35. The van der Waals surface area contributed by atoms with Gasteiger partial charge in [-0.15, -0.1) is 0 Å². The van der Waals surface area contributed by atoms with Crippen LogP contribution in [0.2, 0.25) is 0 Å². The van der Waals surface area contributed by atoms with Crippen molar-refractivity contribution in [3.05, 3.63) is 33.5 Å². The predicted molar refractivity (Wildman–Crippen MR) is 46.3 cm³/mol. The molecule has 12 heavy (non-hydrogen) atoms. The Morgan fingerprint density at radius 1 is 1.50 bits per heavy atom. The smallest absolute Gasteiger partial charge is 0.396 e. The fourth-order valence-corrected chi connectivity index (χ4v) is 1.75. The van der Waals surface area contributed by atoms with Gasteiger partial charge in [0.2, 0.25) is 0 Å². The molecular weight excluding hydrogens is 176 g/mol. The molecule has 0 aliphatic rings. The van der Waals surface area contributed by atoms with E-state index in [9.17, 15) is 4.79 Å². The molecule has 0 radical (unpaired) electrons. The highest BCUT2D eigenvalue weighted by Crippen LogP contribution is 2.18. The lowest BCUT2D eigenvalue weighted by atomic mass is 10.2. The molecule has 2 rings (SSSR count). The van der Waals surface area contributed by atoms with E-state index >= 15 is 0 Å². The fraction of sp³-hybridized carbons (Fsp3) is 0.125. The van der Waals surface area contributed by atoms with E-state index in [1.807, 2.05) is 0 Å². The quantitative estimate of drug-likeness (QED) is 0.724. The maximum atomic E-state index is 10.8. The Balaban J connectivity index is 2.74. The lowest BCUT2D eigenvalue weighted by molar-refractivity contribution is 0.282. The molecule has 1 aromatic heterocycles. The molecule has 62 valence electrons. The minimum atomic E-state index is -0.305. The van der Waals surface area contributed by atoms with Crippen molar-refractivity contribution in [2.45, 2.75) is 6.61 Å². The van der Waals surface area contributed by atoms with E-state index in [0.717, 1.165) is 21.6 Å². The van der Waals surface area contributed by atoms with Gasteiger partial charge in [0.25, 0.3) is 0 Å². The lowest BCUT2D eigenvalue weighted by Gasteiger charge is -1.92. The molecule has 0 spiro atoms. The minimum Gasteiger partial charge on any atom is -0.414 e. The normalized spacial score (nSPS) is 10.8. The maximum absolute atomic E-state index is 10.8. The van der Waals surface area contributed by atoms with Gasteiger partial charge in [-0.1, -0.05) is 17.4 Å². The van der Waals surface area contributed by atoms with E-state index < -0.39 is 0 Å². The van der Waals surface area contributed by atoms with E-state index in [1.165, 1.54) is 0 Å². The Hall–Kier alpha value is -1.13. The van der Waals surface area contributed by atoms with Crippen LogP contribution in [0.3, 0.4) is 0 Å². The van der Waals surface area contributed by atoms with Gasteiger partial charge in [-0.2, -0.15) is 0 Å². The SMILES string of the molecule is O=c1oc2ccc(CO)cc2s1. The van der Waals surface area contributed by atoms with Crippen molar-refractivity contribution in [2.24, 2.45) is 0 Å². The molecule has 1 heterocycles. The molecule has 1 aromatic carbocycles. The largest absolute Gasteiger partial charge is 0.414 e. The van der Waals surface area contributed by atoms with Gasteiger partial charge in [0, 0.05) is 0 Å². The summed E-state index contributed by atoms with van der Waals surface area (Å²) >= 11 is 1.05. The van der Waals surface area contributed by atoms with Gasteiger partial charge in [-0.25, -0.2) is 4.79 Å². The summed E-state index contributed by atoms with van der Waals surface area (Å²) in [5.41, 5.74) is 1.38. The van der Waals surface area contributed by atoms with Crippen molar-refractivity contribution < 1.29 is 9.52 Å². The maximum Gasteiger partial charge on any atom is 0.396 e. The number of aliphatic hydroxyl groups excluding tert-OH is 1. The van der Waals surface area contributed by atoms with Crippen molar-refractivity contribution in [1.29, 1.82) is 0 Å². The number of aliphatic hydroxyl groups is 1. The van der Waals surface area contributed by atoms with Crippen LogP contribution in [0.15, 0.2) is 27.4 Å². The van der Waals surface area contributed by atoms with E-state index in [0.29, 0.717) is 5.58 Å². The van der Waals surface area contributed by atoms with Gasteiger partial charge in [0.05, 0.1) is 11.3 Å². The first kappa shape index (κ1) is 7.52. The van der Waals surface area contributed by atoms with Crippen LogP contribution >= 0.6 is 11.3 Å². The third-order valence-electron chi connectivity index (χ3n) is 1.58. The highest BCUT2D eigenvalue weighted by molar-refractivity contribution is 7.16. The third kappa shape index (κ3) is 1.15. The zero-order chi connectivity index (χ0) is 8.55. The van der Waals surface area contributed by atoms with Gasteiger partial charge in [0.15, 0.2) is 0 Å². The summed E-state index contributed by atoms with van der Waals surface area (Å²) in [4.78, 5) is 10.5. The number of hydrogen-bond donors (Lipinski definition) is 1. The van der Waals surface area contributed by atoms with Crippen LogP contribution in [0.25, 0.3) is 10.3 Å². The lowest BCUT2D eigenvalue weighted by Crippen LogP contribution is -1.79. The highest BCUT2D eigenvalue weighted by Gasteiger charge is 2.01. The average molecular weight is 182 g/mol. The standard InChI is InChI=1S/C8H6O3S/c9-4-5-1-2-6-7(3-5)12-8(10)11-6/h1-3,9H,4H2. The Morgan fingerprint density at radius 2 is 2.33 bits per heavy atom. The molecule has 0 bridgehead atoms. The Labute approximate surface area is 71.9 Å². The van der Waals surface area contributed by atoms with Gasteiger partial charge in [-0.05, 0) is 17.7 Å². The summed E-state index contributed by atoms with van der Waals surface area (Å²) in [6, 6.07) is 5.18. The summed E-state index contributed by atoms with van der Waals surface area (Å²) in [5, 5.41) is 8.80. The Kier molecular flexibility index (Phi) is 1.71. The van der Waals surface area contributed by atoms with Crippen LogP contribution in [0.5, 0.6) is 0 Å². The van der Waals surface area contributed by atoms with E-state index in [2.05, 4.69) is 0 Å². The topological polar surface area (TPSA) is 50.4 Å². The second-order valence-electron chi connectivity index (χ2n) is 2.39. The number of benzene rings is 1. The second kappa shape index (κ2) is 2.73. The molecule has 0 saturated carbocycles. The molecule has 4 heteroatoms. The van der Waals surface area contributed by atoms with Gasteiger partial charge in [0.1, 0.15) is 5.58 Å². The van der Waals surface area contributed by atoms with Crippen molar-refractivity contribution in [3.63, 3.8) is 0 Å².